The van der Waals surface area contributed by atoms with E-state index < -0.39 is 40.6 Å². The summed E-state index contributed by atoms with van der Waals surface area (Å²) in [6.07, 6.45) is -0.380. The Bertz CT molecular complexity index is 1350. The summed E-state index contributed by atoms with van der Waals surface area (Å²) in [5, 5.41) is 9.54. The van der Waals surface area contributed by atoms with Gasteiger partial charge in [0, 0.05) is 17.5 Å². The van der Waals surface area contributed by atoms with E-state index in [-0.39, 0.29) is 6.42 Å². The summed E-state index contributed by atoms with van der Waals surface area (Å²) in [5.74, 6) is -1.40. The van der Waals surface area contributed by atoms with E-state index in [9.17, 15) is 24.3 Å². The van der Waals surface area contributed by atoms with Crippen LogP contribution in [0.3, 0.4) is 0 Å². The fourth-order valence-corrected chi connectivity index (χ4v) is 5.05. The number of aryl methyl sites for hydroxylation is 1. The summed E-state index contributed by atoms with van der Waals surface area (Å²) in [6, 6.07) is 13.2. The number of carboxylic acid groups (broad SMARTS) is 1. The van der Waals surface area contributed by atoms with E-state index in [2.05, 4.69) is 5.43 Å². The Hall–Kier alpha value is -3.99. The van der Waals surface area contributed by atoms with E-state index in [0.29, 0.717) is 22.6 Å². The van der Waals surface area contributed by atoms with Crippen LogP contribution in [-0.4, -0.2) is 46.9 Å². The minimum Gasteiger partial charge on any atom is -0.497 e. The highest BCUT2D eigenvalue weighted by molar-refractivity contribution is 8.01. The molecule has 0 spiro atoms. The van der Waals surface area contributed by atoms with Gasteiger partial charge in [0.25, 0.3) is 11.8 Å². The third-order valence-electron chi connectivity index (χ3n) is 5.32. The van der Waals surface area contributed by atoms with Crippen LogP contribution in [-0.2, 0) is 14.4 Å². The topological polar surface area (TPSA) is 135 Å². The number of ether oxygens (including phenoxy) is 2. The first-order chi connectivity index (χ1) is 16.7. The largest absolute Gasteiger partial charge is 0.497 e. The van der Waals surface area contributed by atoms with Crippen molar-refractivity contribution < 1.29 is 33.4 Å². The summed E-state index contributed by atoms with van der Waals surface area (Å²) >= 11 is 1.13. The van der Waals surface area contributed by atoms with E-state index in [1.54, 1.807) is 43.3 Å². The number of nitrogens with one attached hydrogen (secondary N) is 1. The third-order valence-corrected chi connectivity index (χ3v) is 6.76. The molecule has 11 heteroatoms. The first kappa shape index (κ1) is 24.1. The normalized spacial score (nSPS) is 17.4. The average Bonchev–Trinajstić information content (AvgIpc) is 3.11. The van der Waals surface area contributed by atoms with Crippen LogP contribution >= 0.6 is 11.8 Å². The smallest absolute Gasteiger partial charge is 0.336 e. The summed E-state index contributed by atoms with van der Waals surface area (Å²) in [6.45, 7) is 1.36. The average molecular weight is 499 g/mol. The standard InChI is InChI=1S/C24H22N2O8S/c1-13-8-22(30)34-18-10-16(6-7-17(13)18)33-12-20(27)25-26-23(31)19(11-21(28)29)35-24(26)14-4-3-5-15(9-14)32-2/h3-10,19,24H,11-12H2,1-2H3,(H,25,27)(H,28,29). The van der Waals surface area contributed by atoms with Gasteiger partial charge in [0.15, 0.2) is 6.61 Å². The number of benzene rings is 2. The lowest BCUT2D eigenvalue weighted by Gasteiger charge is -2.24. The number of methoxy groups -OCH3 is 1. The fraction of sp³-hybridized carbons (Fsp3) is 0.250. The number of carbonyl (C=O) groups excluding carboxylic acids is 2. The second-order valence-corrected chi connectivity index (χ2v) is 9.08. The molecule has 3 aromatic rings. The van der Waals surface area contributed by atoms with Crippen LogP contribution in [0.15, 0.2) is 57.7 Å². The number of hydrogen-bond acceptors (Lipinski definition) is 8. The first-order valence-corrected chi connectivity index (χ1v) is 11.5. The van der Waals surface area contributed by atoms with E-state index in [4.69, 9.17) is 13.9 Å². The number of thioether (sulfide) groups is 1. The van der Waals surface area contributed by atoms with Crippen molar-refractivity contribution in [3.8, 4) is 11.5 Å². The molecule has 0 bridgehead atoms. The number of carboxylic acids is 1. The van der Waals surface area contributed by atoms with Crippen LogP contribution in [0.5, 0.6) is 11.5 Å². The SMILES string of the molecule is COc1cccc(C2SC(CC(=O)O)C(=O)N2NC(=O)COc2ccc3c(C)cc(=O)oc3c2)c1. The molecule has 1 aliphatic heterocycles. The number of carbonyl (C=O) groups is 3. The van der Waals surface area contributed by atoms with E-state index in [1.807, 2.05) is 0 Å². The van der Waals surface area contributed by atoms with Gasteiger partial charge in [-0.05, 0) is 42.3 Å². The number of fused-ring (bicyclic) bond motifs is 1. The minimum atomic E-state index is -1.12. The van der Waals surface area contributed by atoms with Gasteiger partial charge in [0.1, 0.15) is 22.5 Å². The second kappa shape index (κ2) is 10.1. The Morgan fingerprint density at radius 3 is 2.69 bits per heavy atom. The lowest BCUT2D eigenvalue weighted by Crippen LogP contribution is -2.47. The van der Waals surface area contributed by atoms with Gasteiger partial charge in [-0.25, -0.2) is 9.80 Å². The van der Waals surface area contributed by atoms with Gasteiger partial charge in [-0.2, -0.15) is 0 Å². The lowest BCUT2D eigenvalue weighted by atomic mass is 10.1. The van der Waals surface area contributed by atoms with Crippen molar-refractivity contribution in [2.45, 2.75) is 24.0 Å². The molecule has 4 rings (SSSR count). The van der Waals surface area contributed by atoms with Crippen LogP contribution < -0.4 is 20.5 Å². The maximum atomic E-state index is 12.9. The number of hydrogen-bond donors (Lipinski definition) is 2. The van der Waals surface area contributed by atoms with Crippen LogP contribution in [0.2, 0.25) is 0 Å². The van der Waals surface area contributed by atoms with Gasteiger partial charge in [-0.15, -0.1) is 11.8 Å². The van der Waals surface area contributed by atoms with Gasteiger partial charge < -0.3 is 19.0 Å². The number of amides is 2. The van der Waals surface area contributed by atoms with Gasteiger partial charge in [-0.1, -0.05) is 12.1 Å². The molecule has 2 atom stereocenters. The molecule has 2 amide bonds. The molecule has 2 unspecified atom stereocenters. The highest BCUT2D eigenvalue weighted by Crippen LogP contribution is 2.43. The summed E-state index contributed by atoms with van der Waals surface area (Å²) in [5.41, 5.74) is 3.79. The maximum Gasteiger partial charge on any atom is 0.336 e. The van der Waals surface area contributed by atoms with E-state index in [1.165, 1.54) is 19.2 Å². The molecule has 2 aromatic carbocycles. The van der Waals surface area contributed by atoms with Crippen LogP contribution in [0, 0.1) is 6.92 Å². The molecule has 1 saturated heterocycles. The molecule has 0 aliphatic carbocycles. The van der Waals surface area contributed by atoms with Crippen molar-refractivity contribution >= 4 is 40.5 Å². The molecule has 182 valence electrons. The van der Waals surface area contributed by atoms with Crippen molar-refractivity contribution in [3.63, 3.8) is 0 Å². The Morgan fingerprint density at radius 2 is 1.94 bits per heavy atom. The highest BCUT2D eigenvalue weighted by Gasteiger charge is 2.43. The zero-order valence-corrected chi connectivity index (χ0v) is 19.7. The van der Waals surface area contributed by atoms with Crippen molar-refractivity contribution in [2.24, 2.45) is 0 Å². The van der Waals surface area contributed by atoms with Crippen molar-refractivity contribution in [1.82, 2.24) is 10.4 Å². The Morgan fingerprint density at radius 1 is 1.14 bits per heavy atom. The summed E-state index contributed by atoms with van der Waals surface area (Å²) in [4.78, 5) is 48.4. The van der Waals surface area contributed by atoms with Crippen LogP contribution in [0.4, 0.5) is 0 Å². The van der Waals surface area contributed by atoms with Gasteiger partial charge in [0.05, 0.1) is 18.8 Å². The summed E-state index contributed by atoms with van der Waals surface area (Å²) in [7, 11) is 1.51. The zero-order chi connectivity index (χ0) is 25.1. The van der Waals surface area contributed by atoms with Crippen molar-refractivity contribution in [2.75, 3.05) is 13.7 Å². The number of hydrazine groups is 1. The van der Waals surface area contributed by atoms with Crippen molar-refractivity contribution in [1.29, 1.82) is 0 Å². The molecule has 1 aliphatic rings. The molecule has 35 heavy (non-hydrogen) atoms. The monoisotopic (exact) mass is 498 g/mol. The molecule has 1 aromatic heterocycles. The molecule has 2 heterocycles. The highest BCUT2D eigenvalue weighted by atomic mass is 32.2. The minimum absolute atomic E-state index is 0.302. The van der Waals surface area contributed by atoms with Gasteiger partial charge >= 0.3 is 11.6 Å². The molecule has 10 nitrogen and oxygen atoms in total. The lowest BCUT2D eigenvalue weighted by molar-refractivity contribution is -0.144. The Balaban J connectivity index is 1.49. The predicted octanol–water partition coefficient (Wildman–Crippen LogP) is 2.64. The molecular formula is C24H22N2O8S. The zero-order valence-electron chi connectivity index (χ0n) is 18.8. The van der Waals surface area contributed by atoms with Gasteiger partial charge in [0.2, 0.25) is 0 Å². The van der Waals surface area contributed by atoms with Crippen LogP contribution in [0.25, 0.3) is 11.0 Å². The predicted molar refractivity (Wildman–Crippen MR) is 127 cm³/mol. The van der Waals surface area contributed by atoms with E-state index >= 15 is 0 Å². The molecule has 1 fully saturated rings. The summed E-state index contributed by atoms with van der Waals surface area (Å²) < 4.78 is 16.0. The van der Waals surface area contributed by atoms with Crippen LogP contribution in [0.1, 0.15) is 22.9 Å². The third kappa shape index (κ3) is 5.40. The maximum absolute atomic E-state index is 12.9. The molecule has 0 saturated carbocycles. The molecule has 0 radical (unpaired) electrons. The second-order valence-electron chi connectivity index (χ2n) is 7.79. The number of aliphatic carboxylic acids is 1. The number of rotatable bonds is 8. The van der Waals surface area contributed by atoms with Crippen molar-refractivity contribution in [3.05, 3.63) is 70.1 Å². The Kier molecular flexibility index (Phi) is 6.97. The van der Waals surface area contributed by atoms with E-state index in [0.717, 1.165) is 27.7 Å². The fourth-order valence-electron chi connectivity index (χ4n) is 3.69. The molecule has 2 N–H and O–H groups in total. The number of nitrogens with zero attached hydrogens (tertiary/aromatic N) is 1. The Labute approximate surface area is 203 Å². The quantitative estimate of drug-likeness (QED) is 0.449. The first-order valence-electron chi connectivity index (χ1n) is 10.6. The molecular weight excluding hydrogens is 476 g/mol. The van der Waals surface area contributed by atoms with Gasteiger partial charge in [-0.3, -0.25) is 19.8 Å².